The summed E-state index contributed by atoms with van der Waals surface area (Å²) in [5, 5.41) is 3.63. The third-order valence-electron chi connectivity index (χ3n) is 5.23. The lowest BCUT2D eigenvalue weighted by Gasteiger charge is -2.29. The second kappa shape index (κ2) is 8.89. The summed E-state index contributed by atoms with van der Waals surface area (Å²) in [6.07, 6.45) is 0.966. The molecule has 1 heterocycles. The average molecular weight is 454 g/mol. The van der Waals surface area contributed by atoms with E-state index in [4.69, 9.17) is 14.2 Å². The molecule has 0 amide bonds. The second-order valence-corrected chi connectivity index (χ2v) is 7.86. The normalized spacial score (nSPS) is 15.5. The monoisotopic (exact) mass is 453 g/mol. The first kappa shape index (κ1) is 19.8. The predicted molar refractivity (Wildman–Crippen MR) is 118 cm³/mol. The Balaban J connectivity index is 1.61. The predicted octanol–water partition coefficient (Wildman–Crippen LogP) is 5.28. The van der Waals surface area contributed by atoms with Crippen LogP contribution in [-0.2, 0) is 13.0 Å². The lowest BCUT2D eigenvalue weighted by Crippen LogP contribution is -2.30. The van der Waals surface area contributed by atoms with E-state index in [1.54, 1.807) is 14.2 Å². The summed E-state index contributed by atoms with van der Waals surface area (Å²) in [6, 6.07) is 20.6. The second-order valence-electron chi connectivity index (χ2n) is 7.00. The van der Waals surface area contributed by atoms with Gasteiger partial charge in [-0.2, -0.15) is 0 Å². The van der Waals surface area contributed by atoms with E-state index in [-0.39, 0.29) is 6.04 Å². The molecule has 1 atom stereocenters. The summed E-state index contributed by atoms with van der Waals surface area (Å²) in [7, 11) is 3.35. The number of fused-ring (bicyclic) bond motifs is 1. The quantitative estimate of drug-likeness (QED) is 0.550. The van der Waals surface area contributed by atoms with Gasteiger partial charge in [0.15, 0.2) is 0 Å². The van der Waals surface area contributed by atoms with Crippen LogP contribution in [0, 0.1) is 0 Å². The molecule has 0 saturated heterocycles. The van der Waals surface area contributed by atoms with Gasteiger partial charge in [-0.15, -0.1) is 0 Å². The van der Waals surface area contributed by atoms with Gasteiger partial charge >= 0.3 is 0 Å². The number of hydrogen-bond acceptors (Lipinski definition) is 4. The fraction of sp³-hybridized carbons (Fsp3) is 0.250. The number of methoxy groups -OCH3 is 2. The van der Waals surface area contributed by atoms with E-state index < -0.39 is 0 Å². The highest BCUT2D eigenvalue weighted by atomic mass is 79.9. The molecule has 0 saturated carbocycles. The van der Waals surface area contributed by atoms with E-state index in [2.05, 4.69) is 51.6 Å². The standard InChI is InChI=1S/C24H24BrNO3/c1-27-22-14-23(28-2)21(25)13-20(22)24-19-9-8-18(12-17(19)10-11-26-24)29-15-16-6-4-3-5-7-16/h3-9,12-14,24,26H,10-11,15H2,1-2H3. The van der Waals surface area contributed by atoms with Crippen LogP contribution in [0.25, 0.3) is 0 Å². The highest BCUT2D eigenvalue weighted by Gasteiger charge is 2.25. The first-order valence-corrected chi connectivity index (χ1v) is 10.4. The van der Waals surface area contributed by atoms with Gasteiger partial charge in [-0.1, -0.05) is 36.4 Å². The number of benzene rings is 3. The molecule has 150 valence electrons. The third kappa shape index (κ3) is 4.26. The van der Waals surface area contributed by atoms with E-state index in [0.717, 1.165) is 45.8 Å². The van der Waals surface area contributed by atoms with E-state index >= 15 is 0 Å². The zero-order valence-corrected chi connectivity index (χ0v) is 18.2. The first-order chi connectivity index (χ1) is 14.2. The average Bonchev–Trinajstić information content (AvgIpc) is 2.77. The van der Waals surface area contributed by atoms with Crippen LogP contribution in [0.2, 0.25) is 0 Å². The zero-order valence-electron chi connectivity index (χ0n) is 16.6. The summed E-state index contributed by atoms with van der Waals surface area (Å²) in [5.41, 5.74) is 4.80. The first-order valence-electron chi connectivity index (χ1n) is 9.64. The van der Waals surface area contributed by atoms with Crippen molar-refractivity contribution >= 4 is 15.9 Å². The number of halogens is 1. The molecule has 0 aliphatic carbocycles. The Morgan fingerprint density at radius 3 is 2.48 bits per heavy atom. The molecule has 29 heavy (non-hydrogen) atoms. The summed E-state index contributed by atoms with van der Waals surface area (Å²) in [5.74, 6) is 2.46. The van der Waals surface area contributed by atoms with Gasteiger partial charge in [-0.25, -0.2) is 0 Å². The Morgan fingerprint density at radius 1 is 0.931 bits per heavy atom. The van der Waals surface area contributed by atoms with Crippen LogP contribution < -0.4 is 19.5 Å². The van der Waals surface area contributed by atoms with Gasteiger partial charge in [0.05, 0.1) is 24.7 Å². The lowest BCUT2D eigenvalue weighted by atomic mass is 9.89. The van der Waals surface area contributed by atoms with E-state index in [9.17, 15) is 0 Å². The minimum Gasteiger partial charge on any atom is -0.496 e. The summed E-state index contributed by atoms with van der Waals surface area (Å²) in [4.78, 5) is 0. The van der Waals surface area contributed by atoms with Crippen molar-refractivity contribution < 1.29 is 14.2 Å². The Bertz CT molecular complexity index is 991. The van der Waals surface area contributed by atoms with Crippen LogP contribution in [0.5, 0.6) is 17.2 Å². The highest BCUT2D eigenvalue weighted by Crippen LogP contribution is 2.40. The SMILES string of the molecule is COc1cc(OC)c(C2NCCc3cc(OCc4ccccc4)ccc32)cc1Br. The molecule has 0 aromatic heterocycles. The molecule has 1 aliphatic rings. The molecular formula is C24H24BrNO3. The fourth-order valence-electron chi connectivity index (χ4n) is 3.76. The minimum absolute atomic E-state index is 0.0547. The molecule has 1 N–H and O–H groups in total. The van der Waals surface area contributed by atoms with Crippen molar-refractivity contribution in [1.29, 1.82) is 0 Å². The Morgan fingerprint density at radius 2 is 1.72 bits per heavy atom. The number of rotatable bonds is 6. The van der Waals surface area contributed by atoms with Crippen molar-refractivity contribution in [2.75, 3.05) is 20.8 Å². The Hall–Kier alpha value is -2.50. The molecule has 1 unspecified atom stereocenters. The van der Waals surface area contributed by atoms with Gasteiger partial charge in [0.25, 0.3) is 0 Å². The van der Waals surface area contributed by atoms with Crippen LogP contribution in [0.3, 0.4) is 0 Å². The third-order valence-corrected chi connectivity index (χ3v) is 5.85. The molecule has 4 nitrogen and oxygen atoms in total. The molecule has 0 bridgehead atoms. The van der Waals surface area contributed by atoms with Crippen molar-refractivity contribution in [1.82, 2.24) is 5.32 Å². The zero-order chi connectivity index (χ0) is 20.2. The van der Waals surface area contributed by atoms with Crippen LogP contribution in [0.15, 0.2) is 65.1 Å². The minimum atomic E-state index is 0.0547. The molecule has 0 spiro atoms. The summed E-state index contributed by atoms with van der Waals surface area (Å²) >= 11 is 3.60. The maximum Gasteiger partial charge on any atom is 0.136 e. The molecular weight excluding hydrogens is 430 g/mol. The molecule has 0 fully saturated rings. The Kier molecular flexibility index (Phi) is 6.07. The van der Waals surface area contributed by atoms with Crippen LogP contribution in [0.4, 0.5) is 0 Å². The highest BCUT2D eigenvalue weighted by molar-refractivity contribution is 9.10. The van der Waals surface area contributed by atoms with Gasteiger partial charge in [0.1, 0.15) is 23.9 Å². The van der Waals surface area contributed by atoms with Gasteiger partial charge < -0.3 is 19.5 Å². The molecule has 3 aromatic rings. The maximum atomic E-state index is 6.02. The van der Waals surface area contributed by atoms with Crippen LogP contribution in [-0.4, -0.2) is 20.8 Å². The largest absolute Gasteiger partial charge is 0.496 e. The fourth-order valence-corrected chi connectivity index (χ4v) is 4.28. The molecule has 0 radical (unpaired) electrons. The van der Waals surface area contributed by atoms with Gasteiger partial charge in [-0.05, 0) is 57.2 Å². The topological polar surface area (TPSA) is 39.7 Å². The van der Waals surface area contributed by atoms with Crippen molar-refractivity contribution in [2.45, 2.75) is 19.1 Å². The number of nitrogens with one attached hydrogen (secondary N) is 1. The molecule has 3 aromatic carbocycles. The van der Waals surface area contributed by atoms with E-state index in [0.29, 0.717) is 6.61 Å². The maximum absolute atomic E-state index is 6.02. The Labute approximate surface area is 179 Å². The number of hydrogen-bond donors (Lipinski definition) is 1. The van der Waals surface area contributed by atoms with Gasteiger partial charge in [0.2, 0.25) is 0 Å². The van der Waals surface area contributed by atoms with Crippen molar-refractivity contribution in [3.8, 4) is 17.2 Å². The summed E-state index contributed by atoms with van der Waals surface area (Å²) < 4.78 is 18.0. The van der Waals surface area contributed by atoms with Crippen molar-refractivity contribution in [3.63, 3.8) is 0 Å². The van der Waals surface area contributed by atoms with Crippen LogP contribution in [0.1, 0.15) is 28.3 Å². The van der Waals surface area contributed by atoms with Crippen molar-refractivity contribution in [2.24, 2.45) is 0 Å². The van der Waals surface area contributed by atoms with E-state index in [1.807, 2.05) is 30.3 Å². The van der Waals surface area contributed by atoms with Gasteiger partial charge in [0, 0.05) is 18.2 Å². The number of ether oxygens (including phenoxy) is 3. The van der Waals surface area contributed by atoms with Crippen molar-refractivity contribution in [3.05, 3.63) is 87.4 Å². The van der Waals surface area contributed by atoms with Gasteiger partial charge in [-0.3, -0.25) is 0 Å². The van der Waals surface area contributed by atoms with Crippen LogP contribution >= 0.6 is 15.9 Å². The molecule has 1 aliphatic heterocycles. The molecule has 4 rings (SSSR count). The molecule has 5 heteroatoms. The smallest absolute Gasteiger partial charge is 0.136 e. The lowest BCUT2D eigenvalue weighted by molar-refractivity contribution is 0.305. The van der Waals surface area contributed by atoms with E-state index in [1.165, 1.54) is 11.1 Å². The summed E-state index contributed by atoms with van der Waals surface area (Å²) in [6.45, 7) is 1.47.